The summed E-state index contributed by atoms with van der Waals surface area (Å²) in [6.45, 7) is 7.51. The van der Waals surface area contributed by atoms with Crippen LogP contribution in [0.25, 0.3) is 0 Å². The van der Waals surface area contributed by atoms with Crippen molar-refractivity contribution in [3.63, 3.8) is 0 Å². The van der Waals surface area contributed by atoms with Gasteiger partial charge in [-0.3, -0.25) is 5.32 Å². The molecule has 0 saturated heterocycles. The first-order chi connectivity index (χ1) is 11.3. The molecule has 2 aliphatic rings. The number of aromatic hydroxyl groups is 1. The molecule has 2 fully saturated rings. The Bertz CT molecular complexity index is 595. The van der Waals surface area contributed by atoms with Gasteiger partial charge in [-0.15, -0.1) is 0 Å². The second kappa shape index (κ2) is 6.30. The van der Waals surface area contributed by atoms with Gasteiger partial charge in [0.2, 0.25) is 0 Å². The molecule has 0 aliphatic heterocycles. The Labute approximate surface area is 144 Å². The molecule has 3 rings (SSSR count). The van der Waals surface area contributed by atoms with Crippen LogP contribution in [-0.2, 0) is 4.74 Å². The average molecular weight is 331 g/mol. The molecule has 4 heteroatoms. The largest absolute Gasteiger partial charge is 0.508 e. The van der Waals surface area contributed by atoms with Crippen LogP contribution in [-0.4, -0.2) is 17.8 Å². The molecule has 2 saturated carbocycles. The van der Waals surface area contributed by atoms with E-state index in [-0.39, 0.29) is 11.2 Å². The van der Waals surface area contributed by atoms with E-state index in [9.17, 15) is 9.90 Å². The zero-order valence-electron chi connectivity index (χ0n) is 15.0. The van der Waals surface area contributed by atoms with Crippen LogP contribution in [0, 0.1) is 22.7 Å². The summed E-state index contributed by atoms with van der Waals surface area (Å²) in [6.07, 6.45) is 5.79. The van der Waals surface area contributed by atoms with Crippen molar-refractivity contribution in [1.29, 1.82) is 0 Å². The predicted molar refractivity (Wildman–Crippen MR) is 95.0 cm³/mol. The van der Waals surface area contributed by atoms with Crippen molar-refractivity contribution >= 4 is 11.8 Å². The Morgan fingerprint density at radius 2 is 1.96 bits per heavy atom. The molecule has 0 aromatic heterocycles. The summed E-state index contributed by atoms with van der Waals surface area (Å²) in [5.41, 5.74) is 1.10. The first-order valence-electron chi connectivity index (χ1n) is 8.98. The minimum atomic E-state index is -0.420. The number of phenolic OH excluding ortho intramolecular Hbond substituents is 1. The first-order valence-corrected chi connectivity index (χ1v) is 8.98. The molecule has 24 heavy (non-hydrogen) atoms. The van der Waals surface area contributed by atoms with Gasteiger partial charge in [-0.1, -0.05) is 20.8 Å². The molecule has 2 bridgehead atoms. The highest BCUT2D eigenvalue weighted by atomic mass is 16.5. The van der Waals surface area contributed by atoms with Crippen LogP contribution in [0.3, 0.4) is 0 Å². The van der Waals surface area contributed by atoms with Crippen LogP contribution in [0.15, 0.2) is 24.3 Å². The van der Waals surface area contributed by atoms with Crippen LogP contribution in [0.4, 0.5) is 10.5 Å². The van der Waals surface area contributed by atoms with Gasteiger partial charge in [0.25, 0.3) is 0 Å². The maximum atomic E-state index is 12.1. The van der Waals surface area contributed by atoms with E-state index in [0.717, 1.165) is 24.7 Å². The van der Waals surface area contributed by atoms with Gasteiger partial charge in [0.1, 0.15) is 5.75 Å². The van der Waals surface area contributed by atoms with E-state index in [1.54, 1.807) is 24.3 Å². The summed E-state index contributed by atoms with van der Waals surface area (Å²) >= 11 is 0. The SMILES string of the molecule is CC1CC2CC(C)(COC(=O)Nc3ccc(O)cc3)CC(C)(C1)C2. The zero-order chi connectivity index (χ0) is 17.4. The quantitative estimate of drug-likeness (QED) is 0.750. The van der Waals surface area contributed by atoms with Gasteiger partial charge in [-0.2, -0.15) is 0 Å². The predicted octanol–water partition coefficient (Wildman–Crippen LogP) is 5.18. The summed E-state index contributed by atoms with van der Waals surface area (Å²) in [6, 6.07) is 6.40. The fraction of sp³-hybridized carbons (Fsp3) is 0.650. The Morgan fingerprint density at radius 1 is 1.25 bits per heavy atom. The maximum Gasteiger partial charge on any atom is 0.411 e. The highest BCUT2D eigenvalue weighted by Crippen LogP contribution is 2.56. The number of hydrogen-bond acceptors (Lipinski definition) is 3. The summed E-state index contributed by atoms with van der Waals surface area (Å²) in [5.74, 6) is 1.76. The molecule has 0 radical (unpaired) electrons. The highest BCUT2D eigenvalue weighted by Gasteiger charge is 2.47. The fourth-order valence-electron chi connectivity index (χ4n) is 5.50. The molecular formula is C20H29NO3. The van der Waals surface area contributed by atoms with Crippen LogP contribution in [0.1, 0.15) is 52.9 Å². The maximum absolute atomic E-state index is 12.1. The van der Waals surface area contributed by atoms with E-state index in [1.165, 1.54) is 19.3 Å². The monoisotopic (exact) mass is 331 g/mol. The first kappa shape index (κ1) is 17.1. The topological polar surface area (TPSA) is 58.6 Å². The lowest BCUT2D eigenvalue weighted by Gasteiger charge is -2.52. The molecule has 0 spiro atoms. The molecule has 4 nitrogen and oxygen atoms in total. The molecule has 1 amide bonds. The minimum absolute atomic E-state index is 0.0735. The smallest absolute Gasteiger partial charge is 0.411 e. The molecule has 0 heterocycles. The Kier molecular flexibility index (Phi) is 4.50. The fourth-order valence-corrected chi connectivity index (χ4v) is 5.50. The summed E-state index contributed by atoms with van der Waals surface area (Å²) in [7, 11) is 0. The van der Waals surface area contributed by atoms with Crippen molar-refractivity contribution in [3.8, 4) is 5.75 Å². The van der Waals surface area contributed by atoms with Gasteiger partial charge in [-0.05, 0) is 73.6 Å². The van der Waals surface area contributed by atoms with Gasteiger partial charge in [0.15, 0.2) is 0 Å². The Balaban J connectivity index is 1.55. The van der Waals surface area contributed by atoms with Crippen molar-refractivity contribution in [2.45, 2.75) is 52.9 Å². The number of phenols is 1. The number of amides is 1. The van der Waals surface area contributed by atoms with Crippen molar-refractivity contribution < 1.29 is 14.6 Å². The number of carbonyl (C=O) groups is 1. The van der Waals surface area contributed by atoms with E-state index < -0.39 is 6.09 Å². The number of benzene rings is 1. The number of fused-ring (bicyclic) bond motifs is 2. The molecule has 132 valence electrons. The zero-order valence-corrected chi connectivity index (χ0v) is 15.0. The van der Waals surface area contributed by atoms with E-state index in [1.807, 2.05) is 0 Å². The van der Waals surface area contributed by atoms with Crippen molar-refractivity contribution in [2.75, 3.05) is 11.9 Å². The second-order valence-electron chi connectivity index (χ2n) is 8.87. The summed E-state index contributed by atoms with van der Waals surface area (Å²) < 4.78 is 5.54. The van der Waals surface area contributed by atoms with E-state index in [4.69, 9.17) is 4.74 Å². The molecule has 4 unspecified atom stereocenters. The third-order valence-electron chi connectivity index (χ3n) is 5.66. The number of carbonyl (C=O) groups excluding carboxylic acids is 1. The van der Waals surface area contributed by atoms with Crippen LogP contribution < -0.4 is 5.32 Å². The highest BCUT2D eigenvalue weighted by molar-refractivity contribution is 5.84. The van der Waals surface area contributed by atoms with E-state index >= 15 is 0 Å². The lowest BCUT2D eigenvalue weighted by molar-refractivity contribution is -0.0440. The van der Waals surface area contributed by atoms with Gasteiger partial charge in [-0.25, -0.2) is 4.79 Å². The third-order valence-corrected chi connectivity index (χ3v) is 5.66. The van der Waals surface area contributed by atoms with Crippen LogP contribution in [0.5, 0.6) is 5.75 Å². The summed E-state index contributed by atoms with van der Waals surface area (Å²) in [5, 5.41) is 12.0. The van der Waals surface area contributed by atoms with Crippen LogP contribution in [0.2, 0.25) is 0 Å². The normalized spacial score (nSPS) is 35.3. The second-order valence-corrected chi connectivity index (χ2v) is 8.87. The molecule has 1 aromatic rings. The van der Waals surface area contributed by atoms with Gasteiger partial charge in [0.05, 0.1) is 6.61 Å². The van der Waals surface area contributed by atoms with Gasteiger partial charge >= 0.3 is 6.09 Å². The molecule has 2 aliphatic carbocycles. The third kappa shape index (κ3) is 4.03. The number of ether oxygens (including phenoxy) is 1. The van der Waals surface area contributed by atoms with Gasteiger partial charge < -0.3 is 9.84 Å². The number of rotatable bonds is 3. The standard InChI is InChI=1S/C20H29NO3/c1-14-8-15-10-19(2,9-14)12-20(3,11-15)13-24-18(23)21-16-4-6-17(22)7-5-16/h4-7,14-15,22H,8-13H2,1-3H3,(H,21,23). The van der Waals surface area contributed by atoms with Crippen molar-refractivity contribution in [1.82, 2.24) is 0 Å². The molecule has 1 aromatic carbocycles. The Morgan fingerprint density at radius 3 is 2.62 bits per heavy atom. The molecular weight excluding hydrogens is 302 g/mol. The number of nitrogens with one attached hydrogen (secondary N) is 1. The van der Waals surface area contributed by atoms with Crippen LogP contribution >= 0.6 is 0 Å². The number of anilines is 1. The Hall–Kier alpha value is -1.71. The van der Waals surface area contributed by atoms with Crippen molar-refractivity contribution in [2.24, 2.45) is 22.7 Å². The molecule has 4 atom stereocenters. The van der Waals surface area contributed by atoms with Crippen molar-refractivity contribution in [3.05, 3.63) is 24.3 Å². The summed E-state index contributed by atoms with van der Waals surface area (Å²) in [4.78, 5) is 12.1. The lowest BCUT2D eigenvalue weighted by atomic mass is 9.53. The lowest BCUT2D eigenvalue weighted by Crippen LogP contribution is -2.44. The average Bonchev–Trinajstić information content (AvgIpc) is 2.45. The number of hydrogen-bond donors (Lipinski definition) is 2. The van der Waals surface area contributed by atoms with E-state index in [2.05, 4.69) is 26.1 Å². The van der Waals surface area contributed by atoms with E-state index in [0.29, 0.717) is 17.7 Å². The molecule has 2 N–H and O–H groups in total. The van der Waals surface area contributed by atoms with Gasteiger partial charge in [0, 0.05) is 11.1 Å². The minimum Gasteiger partial charge on any atom is -0.508 e.